The van der Waals surface area contributed by atoms with Crippen molar-refractivity contribution >= 4 is 0 Å². The quantitative estimate of drug-likeness (QED) is 0.677. The summed E-state index contributed by atoms with van der Waals surface area (Å²) in [5.74, 6) is 0. The lowest BCUT2D eigenvalue weighted by Gasteiger charge is -2.21. The number of hydrogen-bond donors (Lipinski definition) is 1. The molecule has 1 nitrogen and oxygen atoms in total. The van der Waals surface area contributed by atoms with Gasteiger partial charge in [0.1, 0.15) is 6.17 Å². The molecule has 0 aliphatic carbocycles. The molecule has 12 heavy (non-hydrogen) atoms. The molecule has 0 bridgehead atoms. The molecule has 0 aliphatic heterocycles. The second-order valence-corrected chi connectivity index (χ2v) is 4.35. The van der Waals surface area contributed by atoms with Crippen LogP contribution in [0.15, 0.2) is 0 Å². The van der Waals surface area contributed by atoms with Crippen molar-refractivity contribution in [1.29, 1.82) is 0 Å². The summed E-state index contributed by atoms with van der Waals surface area (Å²) in [4.78, 5) is 0. The summed E-state index contributed by atoms with van der Waals surface area (Å²) < 4.78 is 12.9. The molecule has 0 aliphatic rings. The normalized spacial score (nSPS) is 14.8. The van der Waals surface area contributed by atoms with Crippen molar-refractivity contribution in [2.75, 3.05) is 6.54 Å². The lowest BCUT2D eigenvalue weighted by Crippen LogP contribution is -2.37. The van der Waals surface area contributed by atoms with Crippen molar-refractivity contribution in [3.8, 4) is 0 Å². The zero-order valence-corrected chi connectivity index (χ0v) is 8.78. The Hall–Kier alpha value is -0.110. The van der Waals surface area contributed by atoms with Crippen molar-refractivity contribution in [2.24, 2.45) is 0 Å². The first-order valence-corrected chi connectivity index (χ1v) is 4.85. The van der Waals surface area contributed by atoms with Crippen LogP contribution in [0.2, 0.25) is 0 Å². The minimum absolute atomic E-state index is 0.117. The van der Waals surface area contributed by atoms with Crippen LogP contribution >= 0.6 is 0 Å². The Balaban J connectivity index is 3.31. The highest BCUT2D eigenvalue weighted by atomic mass is 19.1. The highest BCUT2D eigenvalue weighted by Gasteiger charge is 2.10. The van der Waals surface area contributed by atoms with E-state index in [1.807, 2.05) is 6.92 Å². The number of nitrogens with one attached hydrogen (secondary N) is 1. The molecule has 2 heteroatoms. The summed E-state index contributed by atoms with van der Waals surface area (Å²) in [6.45, 7) is 9.09. The molecule has 0 radical (unpaired) electrons. The Bertz CT molecular complexity index is 107. The molecular formula is C10H22FN. The van der Waals surface area contributed by atoms with Gasteiger partial charge in [0, 0.05) is 5.54 Å². The summed E-state index contributed by atoms with van der Waals surface area (Å²) in [6.07, 6.45) is 1.66. The van der Waals surface area contributed by atoms with Crippen LogP contribution in [-0.2, 0) is 0 Å². The Labute approximate surface area is 75.7 Å². The van der Waals surface area contributed by atoms with Crippen LogP contribution in [0.4, 0.5) is 4.39 Å². The summed E-state index contributed by atoms with van der Waals surface area (Å²) >= 11 is 0. The number of hydrogen-bond acceptors (Lipinski definition) is 1. The van der Waals surface area contributed by atoms with Gasteiger partial charge in [0.05, 0.1) is 0 Å². The van der Waals surface area contributed by atoms with Gasteiger partial charge in [-0.25, -0.2) is 4.39 Å². The van der Waals surface area contributed by atoms with Crippen molar-refractivity contribution in [1.82, 2.24) is 5.32 Å². The van der Waals surface area contributed by atoms with Crippen molar-refractivity contribution in [2.45, 2.75) is 58.7 Å². The van der Waals surface area contributed by atoms with Crippen LogP contribution in [0.1, 0.15) is 47.0 Å². The van der Waals surface area contributed by atoms with Crippen molar-refractivity contribution < 1.29 is 4.39 Å². The molecule has 0 saturated heterocycles. The maximum Gasteiger partial charge on any atom is 0.101 e. The number of alkyl halides is 1. The molecule has 0 rings (SSSR count). The van der Waals surface area contributed by atoms with Crippen LogP contribution in [0.5, 0.6) is 0 Å². The van der Waals surface area contributed by atoms with E-state index in [-0.39, 0.29) is 5.54 Å². The summed E-state index contributed by atoms with van der Waals surface area (Å²) in [5, 5.41) is 3.27. The first-order valence-electron chi connectivity index (χ1n) is 4.85. The fourth-order valence-electron chi connectivity index (χ4n) is 1.06. The largest absolute Gasteiger partial charge is 0.312 e. The topological polar surface area (TPSA) is 12.0 Å². The van der Waals surface area contributed by atoms with Crippen LogP contribution in [0.3, 0.4) is 0 Å². The smallest absolute Gasteiger partial charge is 0.101 e. The zero-order valence-electron chi connectivity index (χ0n) is 8.78. The molecule has 1 unspecified atom stereocenters. The summed E-state index contributed by atoms with van der Waals surface area (Å²) in [7, 11) is 0. The van der Waals surface area contributed by atoms with Crippen LogP contribution < -0.4 is 5.32 Å². The van der Waals surface area contributed by atoms with E-state index in [1.165, 1.54) is 0 Å². The van der Waals surface area contributed by atoms with Crippen LogP contribution in [0.25, 0.3) is 0 Å². The monoisotopic (exact) mass is 175 g/mol. The third kappa shape index (κ3) is 7.99. The molecular weight excluding hydrogens is 153 g/mol. The lowest BCUT2D eigenvalue weighted by atomic mass is 10.1. The van der Waals surface area contributed by atoms with Gasteiger partial charge in [0.2, 0.25) is 0 Å². The number of rotatable bonds is 5. The van der Waals surface area contributed by atoms with Gasteiger partial charge in [-0.15, -0.1) is 0 Å². The van der Waals surface area contributed by atoms with Crippen molar-refractivity contribution in [3.05, 3.63) is 0 Å². The predicted octanol–water partition coefficient (Wildman–Crippen LogP) is 2.90. The summed E-state index contributed by atoms with van der Waals surface area (Å²) in [5.41, 5.74) is 0.117. The average Bonchev–Trinajstić information content (AvgIpc) is 1.84. The highest BCUT2D eigenvalue weighted by molar-refractivity contribution is 4.70. The molecule has 1 atom stereocenters. The first kappa shape index (κ1) is 11.9. The highest BCUT2D eigenvalue weighted by Crippen LogP contribution is 2.06. The van der Waals surface area contributed by atoms with Gasteiger partial charge in [-0.05, 0) is 40.2 Å². The maximum absolute atomic E-state index is 12.9. The Kier molecular flexibility index (Phi) is 5.47. The molecule has 0 heterocycles. The van der Waals surface area contributed by atoms with Gasteiger partial charge < -0.3 is 5.32 Å². The fraction of sp³-hybridized carbons (Fsp3) is 1.00. The third-order valence-corrected chi connectivity index (χ3v) is 1.71. The Morgan fingerprint density at radius 1 is 1.25 bits per heavy atom. The van der Waals surface area contributed by atoms with E-state index in [9.17, 15) is 4.39 Å². The van der Waals surface area contributed by atoms with E-state index in [0.29, 0.717) is 12.8 Å². The Morgan fingerprint density at radius 2 is 1.83 bits per heavy atom. The lowest BCUT2D eigenvalue weighted by molar-refractivity contribution is 0.279. The zero-order chi connectivity index (χ0) is 9.61. The van der Waals surface area contributed by atoms with E-state index >= 15 is 0 Å². The molecule has 0 aromatic carbocycles. The van der Waals surface area contributed by atoms with E-state index in [2.05, 4.69) is 26.1 Å². The Morgan fingerprint density at radius 3 is 2.25 bits per heavy atom. The fourth-order valence-corrected chi connectivity index (χ4v) is 1.06. The molecule has 0 aromatic rings. The number of halogens is 1. The van der Waals surface area contributed by atoms with Gasteiger partial charge >= 0.3 is 0 Å². The maximum atomic E-state index is 12.9. The second kappa shape index (κ2) is 5.52. The first-order chi connectivity index (χ1) is 5.45. The van der Waals surface area contributed by atoms with Gasteiger partial charge in [-0.1, -0.05) is 13.3 Å². The minimum atomic E-state index is -0.621. The molecule has 0 fully saturated rings. The minimum Gasteiger partial charge on any atom is -0.312 e. The van der Waals surface area contributed by atoms with E-state index in [0.717, 1.165) is 13.0 Å². The molecule has 0 saturated carbocycles. The average molecular weight is 175 g/mol. The van der Waals surface area contributed by atoms with E-state index in [1.54, 1.807) is 0 Å². The van der Waals surface area contributed by atoms with Gasteiger partial charge in [0.15, 0.2) is 0 Å². The molecule has 0 amide bonds. The van der Waals surface area contributed by atoms with E-state index < -0.39 is 6.17 Å². The van der Waals surface area contributed by atoms with Crippen LogP contribution in [0, 0.1) is 0 Å². The second-order valence-electron chi connectivity index (χ2n) is 4.35. The molecule has 1 N–H and O–H groups in total. The van der Waals surface area contributed by atoms with Crippen LogP contribution in [-0.4, -0.2) is 18.3 Å². The SMILES string of the molecule is CCCC(F)CCNC(C)(C)C. The predicted molar refractivity (Wildman–Crippen MR) is 52.2 cm³/mol. The van der Waals surface area contributed by atoms with Crippen molar-refractivity contribution in [3.63, 3.8) is 0 Å². The van der Waals surface area contributed by atoms with Gasteiger partial charge in [0.25, 0.3) is 0 Å². The molecule has 0 aromatic heterocycles. The van der Waals surface area contributed by atoms with Gasteiger partial charge in [-0.3, -0.25) is 0 Å². The molecule has 74 valence electrons. The standard InChI is InChI=1S/C10H22FN/c1-5-6-9(11)7-8-12-10(2,3)4/h9,12H,5-8H2,1-4H3. The molecule has 0 spiro atoms. The van der Waals surface area contributed by atoms with Gasteiger partial charge in [-0.2, -0.15) is 0 Å². The van der Waals surface area contributed by atoms with E-state index in [4.69, 9.17) is 0 Å². The summed E-state index contributed by atoms with van der Waals surface area (Å²) in [6, 6.07) is 0. The third-order valence-electron chi connectivity index (χ3n) is 1.71.